The first-order chi connectivity index (χ1) is 13.6. The fraction of sp³-hybridized carbons (Fsp3) is 0.273. The second-order valence-corrected chi connectivity index (χ2v) is 7.15. The summed E-state index contributed by atoms with van der Waals surface area (Å²) in [6.45, 7) is 1.25. The predicted molar refractivity (Wildman–Crippen MR) is 107 cm³/mol. The van der Waals surface area contributed by atoms with Gasteiger partial charge in [-0.1, -0.05) is 24.3 Å². The Morgan fingerprint density at radius 2 is 1.96 bits per heavy atom. The van der Waals surface area contributed by atoms with E-state index in [4.69, 9.17) is 10.7 Å². The van der Waals surface area contributed by atoms with E-state index in [9.17, 15) is 9.59 Å². The highest BCUT2D eigenvalue weighted by molar-refractivity contribution is 5.97. The molecule has 0 spiro atoms. The molecule has 0 unspecified atom stereocenters. The van der Waals surface area contributed by atoms with Crippen molar-refractivity contribution in [3.8, 4) is 0 Å². The van der Waals surface area contributed by atoms with Crippen LogP contribution in [-0.4, -0.2) is 39.8 Å². The summed E-state index contributed by atoms with van der Waals surface area (Å²) in [7, 11) is 0. The van der Waals surface area contributed by atoms with Gasteiger partial charge in [-0.15, -0.1) is 0 Å². The minimum Gasteiger partial charge on any atom is -0.366 e. The van der Waals surface area contributed by atoms with Crippen LogP contribution in [0.25, 0.3) is 10.9 Å². The summed E-state index contributed by atoms with van der Waals surface area (Å²) >= 11 is 0. The van der Waals surface area contributed by atoms with Gasteiger partial charge in [-0.05, 0) is 37.1 Å². The van der Waals surface area contributed by atoms with E-state index in [0.717, 1.165) is 29.4 Å². The van der Waals surface area contributed by atoms with Crippen molar-refractivity contribution >= 4 is 22.7 Å². The number of pyridine rings is 2. The summed E-state index contributed by atoms with van der Waals surface area (Å²) in [6.07, 6.45) is 3.71. The Morgan fingerprint density at radius 3 is 2.75 bits per heavy atom. The molecule has 1 aromatic carbocycles. The molecule has 3 heterocycles. The van der Waals surface area contributed by atoms with Crippen molar-refractivity contribution in [2.75, 3.05) is 13.1 Å². The van der Waals surface area contributed by atoms with Crippen LogP contribution < -0.4 is 5.73 Å². The van der Waals surface area contributed by atoms with Gasteiger partial charge >= 0.3 is 0 Å². The summed E-state index contributed by atoms with van der Waals surface area (Å²) in [6, 6.07) is 15.1. The van der Waals surface area contributed by atoms with Crippen molar-refractivity contribution in [1.82, 2.24) is 14.9 Å². The van der Waals surface area contributed by atoms with E-state index in [1.165, 1.54) is 0 Å². The Hall–Kier alpha value is -3.28. The van der Waals surface area contributed by atoms with Crippen LogP contribution in [0, 0.1) is 0 Å². The first-order valence-corrected chi connectivity index (χ1v) is 9.49. The van der Waals surface area contributed by atoms with Gasteiger partial charge in [0.15, 0.2) is 0 Å². The lowest BCUT2D eigenvalue weighted by Crippen LogP contribution is -2.40. The fourth-order valence-electron chi connectivity index (χ4n) is 3.84. The molecule has 1 aliphatic heterocycles. The maximum absolute atomic E-state index is 12.7. The van der Waals surface area contributed by atoms with Gasteiger partial charge in [-0.25, -0.2) is 0 Å². The van der Waals surface area contributed by atoms with Crippen LogP contribution in [0.3, 0.4) is 0 Å². The molecular formula is C22H22N4O2. The number of hydrogen-bond donors (Lipinski definition) is 1. The molecule has 0 saturated carbocycles. The van der Waals surface area contributed by atoms with Crippen LogP contribution >= 0.6 is 0 Å². The average molecular weight is 374 g/mol. The number of primary amides is 1. The number of benzene rings is 1. The Morgan fingerprint density at radius 1 is 1.14 bits per heavy atom. The van der Waals surface area contributed by atoms with E-state index in [-0.39, 0.29) is 18.2 Å². The molecule has 142 valence electrons. The lowest BCUT2D eigenvalue weighted by Gasteiger charge is -2.33. The SMILES string of the molecule is NC(=O)c1cc2ccccc2nc1[C@@H]1CCCN(C(=O)Cc2ccccn2)C1. The lowest BCUT2D eigenvalue weighted by molar-refractivity contribution is -0.131. The molecule has 6 nitrogen and oxygen atoms in total. The summed E-state index contributed by atoms with van der Waals surface area (Å²) in [4.78, 5) is 35.6. The number of nitrogens with two attached hydrogens (primary N) is 1. The molecule has 6 heteroatoms. The zero-order chi connectivity index (χ0) is 19.5. The predicted octanol–water partition coefficient (Wildman–Crippen LogP) is 2.68. The van der Waals surface area contributed by atoms with Gasteiger partial charge in [0, 0.05) is 36.3 Å². The van der Waals surface area contributed by atoms with Gasteiger partial charge in [-0.3, -0.25) is 19.6 Å². The number of carbonyl (C=O) groups excluding carboxylic acids is 2. The summed E-state index contributed by atoms with van der Waals surface area (Å²) < 4.78 is 0. The van der Waals surface area contributed by atoms with E-state index in [0.29, 0.717) is 24.3 Å². The number of likely N-dealkylation sites (tertiary alicyclic amines) is 1. The second-order valence-electron chi connectivity index (χ2n) is 7.15. The van der Waals surface area contributed by atoms with E-state index in [1.807, 2.05) is 53.4 Å². The van der Waals surface area contributed by atoms with Crippen LogP contribution in [-0.2, 0) is 11.2 Å². The first-order valence-electron chi connectivity index (χ1n) is 9.49. The number of hydrogen-bond acceptors (Lipinski definition) is 4. The van der Waals surface area contributed by atoms with Gasteiger partial charge in [0.25, 0.3) is 5.91 Å². The standard InChI is InChI=1S/C22H22N4O2/c23-22(28)18-12-15-6-1-2-9-19(15)25-21(18)16-7-5-11-26(14-16)20(27)13-17-8-3-4-10-24-17/h1-4,6,8-10,12,16H,5,7,11,13-14H2,(H2,23,28)/t16-/m1/s1. The van der Waals surface area contributed by atoms with Gasteiger partial charge in [0.1, 0.15) is 0 Å². The molecule has 2 N–H and O–H groups in total. The molecule has 1 saturated heterocycles. The van der Waals surface area contributed by atoms with E-state index >= 15 is 0 Å². The van der Waals surface area contributed by atoms with Crippen molar-refractivity contribution in [2.45, 2.75) is 25.2 Å². The number of nitrogens with zero attached hydrogens (tertiary/aromatic N) is 3. The number of aromatic nitrogens is 2. The third kappa shape index (κ3) is 3.71. The third-order valence-electron chi connectivity index (χ3n) is 5.24. The van der Waals surface area contributed by atoms with E-state index in [1.54, 1.807) is 6.20 Å². The fourth-order valence-corrected chi connectivity index (χ4v) is 3.84. The molecule has 2 amide bonds. The number of fused-ring (bicyclic) bond motifs is 1. The molecular weight excluding hydrogens is 352 g/mol. The van der Waals surface area contributed by atoms with E-state index in [2.05, 4.69) is 4.98 Å². The van der Waals surface area contributed by atoms with E-state index < -0.39 is 5.91 Å². The Balaban J connectivity index is 1.60. The molecule has 1 atom stereocenters. The maximum Gasteiger partial charge on any atom is 0.250 e. The molecule has 4 rings (SSSR count). The molecule has 3 aromatic rings. The molecule has 28 heavy (non-hydrogen) atoms. The molecule has 0 aliphatic carbocycles. The minimum atomic E-state index is -0.481. The first kappa shape index (κ1) is 18.1. The van der Waals surface area contributed by atoms with Crippen LogP contribution in [0.1, 0.15) is 40.5 Å². The highest BCUT2D eigenvalue weighted by Crippen LogP contribution is 2.30. The normalized spacial score (nSPS) is 16.9. The van der Waals surface area contributed by atoms with Crippen molar-refractivity contribution in [3.63, 3.8) is 0 Å². The quantitative estimate of drug-likeness (QED) is 0.760. The maximum atomic E-state index is 12.7. The molecule has 1 fully saturated rings. The highest BCUT2D eigenvalue weighted by Gasteiger charge is 2.28. The molecule has 1 aliphatic rings. The van der Waals surface area contributed by atoms with Crippen molar-refractivity contribution in [3.05, 3.63) is 71.7 Å². The molecule has 0 bridgehead atoms. The molecule has 0 radical (unpaired) electrons. The number of amides is 2. The topological polar surface area (TPSA) is 89.2 Å². The van der Waals surface area contributed by atoms with Gasteiger partial charge in [0.05, 0.1) is 23.2 Å². The highest BCUT2D eigenvalue weighted by atomic mass is 16.2. The smallest absolute Gasteiger partial charge is 0.250 e. The largest absolute Gasteiger partial charge is 0.366 e. The Labute approximate surface area is 163 Å². The van der Waals surface area contributed by atoms with Crippen LogP contribution in [0.2, 0.25) is 0 Å². The summed E-state index contributed by atoms with van der Waals surface area (Å²) in [5.41, 5.74) is 8.38. The number of para-hydroxylation sites is 1. The van der Waals surface area contributed by atoms with Crippen molar-refractivity contribution in [1.29, 1.82) is 0 Å². The minimum absolute atomic E-state index is 0.00598. The lowest BCUT2D eigenvalue weighted by atomic mass is 9.90. The third-order valence-corrected chi connectivity index (χ3v) is 5.24. The van der Waals surface area contributed by atoms with Crippen LogP contribution in [0.15, 0.2) is 54.7 Å². The van der Waals surface area contributed by atoms with Crippen molar-refractivity contribution < 1.29 is 9.59 Å². The number of piperidine rings is 1. The zero-order valence-corrected chi connectivity index (χ0v) is 15.5. The second kappa shape index (κ2) is 7.76. The summed E-state index contributed by atoms with van der Waals surface area (Å²) in [5, 5.41) is 0.888. The summed E-state index contributed by atoms with van der Waals surface area (Å²) in [5.74, 6) is -0.441. The van der Waals surface area contributed by atoms with Crippen molar-refractivity contribution in [2.24, 2.45) is 5.73 Å². The van der Waals surface area contributed by atoms with Gasteiger partial charge in [0.2, 0.25) is 5.91 Å². The van der Waals surface area contributed by atoms with Crippen LogP contribution in [0.4, 0.5) is 0 Å². The zero-order valence-electron chi connectivity index (χ0n) is 15.5. The molecule has 2 aromatic heterocycles. The Bertz CT molecular complexity index is 1020. The monoisotopic (exact) mass is 374 g/mol. The number of rotatable bonds is 4. The van der Waals surface area contributed by atoms with Crippen LogP contribution in [0.5, 0.6) is 0 Å². The average Bonchev–Trinajstić information content (AvgIpc) is 2.73. The Kier molecular flexibility index (Phi) is 5.02. The number of carbonyl (C=O) groups is 2. The van der Waals surface area contributed by atoms with Gasteiger partial charge < -0.3 is 10.6 Å². The van der Waals surface area contributed by atoms with Gasteiger partial charge in [-0.2, -0.15) is 0 Å².